The van der Waals surface area contributed by atoms with E-state index < -0.39 is 0 Å². The molecule has 0 spiro atoms. The summed E-state index contributed by atoms with van der Waals surface area (Å²) in [5.41, 5.74) is 6.97. The molecular weight excluding hydrogens is 359 g/mol. The Morgan fingerprint density at radius 1 is 1.18 bits per heavy atom. The van der Waals surface area contributed by atoms with Crippen molar-refractivity contribution in [2.45, 2.75) is 12.3 Å². The molecule has 1 aromatic carbocycles. The minimum Gasteiger partial charge on any atom is -0.396 e. The Labute approximate surface area is 163 Å². The van der Waals surface area contributed by atoms with Crippen molar-refractivity contribution >= 4 is 11.9 Å². The van der Waals surface area contributed by atoms with Crippen LogP contribution in [0.2, 0.25) is 0 Å². The Kier molecular flexibility index (Phi) is 5.13. The monoisotopic (exact) mass is 384 g/mol. The van der Waals surface area contributed by atoms with E-state index in [2.05, 4.69) is 24.8 Å². The van der Waals surface area contributed by atoms with Crippen LogP contribution >= 0.6 is 0 Å². The molecule has 0 radical (unpaired) electrons. The van der Waals surface area contributed by atoms with Gasteiger partial charge in [-0.2, -0.15) is 0 Å². The quantitative estimate of drug-likeness (QED) is 0.595. The number of anilines is 1. The van der Waals surface area contributed by atoms with Gasteiger partial charge in [0.2, 0.25) is 5.95 Å². The molecule has 1 aromatic heterocycles. The van der Waals surface area contributed by atoms with Crippen LogP contribution in [0.4, 0.5) is 10.3 Å². The summed E-state index contributed by atoms with van der Waals surface area (Å²) in [7, 11) is 0. The van der Waals surface area contributed by atoms with Gasteiger partial charge in [0.15, 0.2) is 5.96 Å². The van der Waals surface area contributed by atoms with E-state index in [0.29, 0.717) is 12.5 Å². The molecule has 2 heterocycles. The molecule has 2 unspecified atom stereocenters. The molecular formula is C20H25FN6O. The Hall–Kier alpha value is -2.74. The van der Waals surface area contributed by atoms with Gasteiger partial charge in [-0.3, -0.25) is 4.99 Å². The van der Waals surface area contributed by atoms with E-state index in [1.807, 2.05) is 0 Å². The van der Waals surface area contributed by atoms with Crippen LogP contribution in [0.1, 0.15) is 17.9 Å². The first-order chi connectivity index (χ1) is 13.6. The van der Waals surface area contributed by atoms with E-state index in [4.69, 9.17) is 5.73 Å². The van der Waals surface area contributed by atoms with Gasteiger partial charge in [0, 0.05) is 44.0 Å². The number of piperazine rings is 1. The summed E-state index contributed by atoms with van der Waals surface area (Å²) in [5, 5.41) is 9.91. The maximum atomic E-state index is 13.1. The van der Waals surface area contributed by atoms with E-state index in [-0.39, 0.29) is 23.8 Å². The molecule has 3 N–H and O–H groups in total. The Morgan fingerprint density at radius 2 is 1.86 bits per heavy atom. The van der Waals surface area contributed by atoms with Crippen molar-refractivity contribution < 1.29 is 9.50 Å². The SMILES string of the molecule is NC(=NCC1(CO)CC1c1ccc(F)cc1)N1CCN(c2ncccn2)CC1. The number of benzene rings is 1. The first-order valence-electron chi connectivity index (χ1n) is 9.54. The fourth-order valence-corrected chi connectivity index (χ4v) is 3.84. The largest absolute Gasteiger partial charge is 0.396 e. The Balaban J connectivity index is 1.34. The normalized spacial score (nSPS) is 25.1. The first kappa shape index (κ1) is 18.6. The summed E-state index contributed by atoms with van der Waals surface area (Å²) >= 11 is 0. The van der Waals surface area contributed by atoms with Crippen LogP contribution in [-0.4, -0.2) is 65.3 Å². The summed E-state index contributed by atoms with van der Waals surface area (Å²) in [5.74, 6) is 1.19. The van der Waals surface area contributed by atoms with Gasteiger partial charge < -0.3 is 20.6 Å². The molecule has 1 saturated carbocycles. The predicted molar refractivity (Wildman–Crippen MR) is 106 cm³/mol. The zero-order chi connectivity index (χ0) is 19.6. The second-order valence-electron chi connectivity index (χ2n) is 7.53. The number of hydrogen-bond donors (Lipinski definition) is 2. The lowest BCUT2D eigenvalue weighted by molar-refractivity contribution is 0.211. The molecule has 8 heteroatoms. The number of nitrogens with two attached hydrogens (primary N) is 1. The van der Waals surface area contributed by atoms with Crippen LogP contribution in [0.25, 0.3) is 0 Å². The minimum atomic E-state index is -0.290. The molecule has 7 nitrogen and oxygen atoms in total. The topological polar surface area (TPSA) is 90.9 Å². The fourth-order valence-electron chi connectivity index (χ4n) is 3.84. The van der Waals surface area contributed by atoms with Crippen LogP contribution in [0, 0.1) is 11.2 Å². The highest BCUT2D eigenvalue weighted by Crippen LogP contribution is 2.59. The zero-order valence-corrected chi connectivity index (χ0v) is 15.7. The van der Waals surface area contributed by atoms with Crippen molar-refractivity contribution in [3.8, 4) is 0 Å². The molecule has 4 rings (SSSR count). The number of rotatable bonds is 5. The number of aliphatic imine (C=N–C) groups is 1. The van der Waals surface area contributed by atoms with Gasteiger partial charge in [-0.05, 0) is 36.1 Å². The Morgan fingerprint density at radius 3 is 2.50 bits per heavy atom. The number of aliphatic hydroxyl groups excluding tert-OH is 1. The van der Waals surface area contributed by atoms with Crippen molar-refractivity contribution in [2.75, 3.05) is 44.2 Å². The maximum absolute atomic E-state index is 13.1. The van der Waals surface area contributed by atoms with Crippen molar-refractivity contribution in [1.29, 1.82) is 0 Å². The van der Waals surface area contributed by atoms with E-state index in [9.17, 15) is 9.50 Å². The summed E-state index contributed by atoms with van der Waals surface area (Å²) in [6.07, 6.45) is 4.32. The molecule has 1 aliphatic carbocycles. The lowest BCUT2D eigenvalue weighted by atomic mass is 10.00. The molecule has 1 saturated heterocycles. The minimum absolute atomic E-state index is 0.0466. The van der Waals surface area contributed by atoms with Crippen molar-refractivity contribution in [1.82, 2.24) is 14.9 Å². The molecule has 0 bridgehead atoms. The number of nitrogens with zero attached hydrogens (tertiary/aromatic N) is 5. The summed E-state index contributed by atoms with van der Waals surface area (Å²) in [6, 6.07) is 8.30. The summed E-state index contributed by atoms with van der Waals surface area (Å²) < 4.78 is 13.1. The highest BCUT2D eigenvalue weighted by molar-refractivity contribution is 5.78. The molecule has 148 valence electrons. The molecule has 2 fully saturated rings. The van der Waals surface area contributed by atoms with Crippen LogP contribution in [-0.2, 0) is 0 Å². The third-order valence-corrected chi connectivity index (χ3v) is 5.77. The summed E-state index contributed by atoms with van der Waals surface area (Å²) in [4.78, 5) is 17.3. The zero-order valence-electron chi connectivity index (χ0n) is 15.7. The summed E-state index contributed by atoms with van der Waals surface area (Å²) in [6.45, 7) is 3.58. The maximum Gasteiger partial charge on any atom is 0.225 e. The van der Waals surface area contributed by atoms with E-state index in [1.165, 1.54) is 12.1 Å². The van der Waals surface area contributed by atoms with Gasteiger partial charge in [-0.25, -0.2) is 14.4 Å². The smallest absolute Gasteiger partial charge is 0.225 e. The van der Waals surface area contributed by atoms with E-state index in [1.54, 1.807) is 30.6 Å². The highest BCUT2D eigenvalue weighted by atomic mass is 19.1. The van der Waals surface area contributed by atoms with Crippen molar-refractivity contribution in [3.63, 3.8) is 0 Å². The first-order valence-corrected chi connectivity index (χ1v) is 9.54. The number of aliphatic hydroxyl groups is 1. The molecule has 1 aliphatic heterocycles. The molecule has 2 atom stereocenters. The Bertz CT molecular complexity index is 822. The van der Waals surface area contributed by atoms with Crippen LogP contribution in [0.3, 0.4) is 0 Å². The van der Waals surface area contributed by atoms with Gasteiger partial charge in [0.1, 0.15) is 5.82 Å². The average Bonchev–Trinajstić information content (AvgIpc) is 3.48. The van der Waals surface area contributed by atoms with Gasteiger partial charge >= 0.3 is 0 Å². The van der Waals surface area contributed by atoms with Crippen LogP contribution in [0.15, 0.2) is 47.7 Å². The standard InChI is InChI=1S/C20H25FN6O/c21-16-4-2-15(3-5-16)17-12-20(17,14-28)13-25-18(22)26-8-10-27(11-9-26)19-23-6-1-7-24-19/h1-7,17,28H,8-14H2,(H2,22,25). The molecule has 2 aliphatic rings. The van der Waals surface area contributed by atoms with E-state index >= 15 is 0 Å². The highest BCUT2D eigenvalue weighted by Gasteiger charge is 2.54. The fraction of sp³-hybridized carbons (Fsp3) is 0.450. The van der Waals surface area contributed by atoms with Gasteiger partial charge in [0.05, 0.1) is 13.2 Å². The van der Waals surface area contributed by atoms with E-state index in [0.717, 1.165) is 44.1 Å². The van der Waals surface area contributed by atoms with Gasteiger partial charge in [-0.1, -0.05) is 12.1 Å². The van der Waals surface area contributed by atoms with Crippen molar-refractivity contribution in [3.05, 3.63) is 54.1 Å². The number of halogens is 1. The third kappa shape index (κ3) is 3.77. The van der Waals surface area contributed by atoms with Gasteiger partial charge in [0.25, 0.3) is 0 Å². The number of hydrogen-bond acceptors (Lipinski definition) is 5. The van der Waals surface area contributed by atoms with Crippen LogP contribution in [0.5, 0.6) is 0 Å². The second-order valence-corrected chi connectivity index (χ2v) is 7.53. The molecule has 28 heavy (non-hydrogen) atoms. The predicted octanol–water partition coefficient (Wildman–Crippen LogP) is 1.22. The molecule has 0 amide bonds. The third-order valence-electron chi connectivity index (χ3n) is 5.77. The van der Waals surface area contributed by atoms with Crippen LogP contribution < -0.4 is 10.6 Å². The molecule has 2 aromatic rings. The average molecular weight is 384 g/mol. The number of guanidine groups is 1. The second kappa shape index (κ2) is 7.71. The lowest BCUT2D eigenvalue weighted by Crippen LogP contribution is -2.51. The van der Waals surface area contributed by atoms with Crippen molar-refractivity contribution in [2.24, 2.45) is 16.1 Å². The van der Waals surface area contributed by atoms with Gasteiger partial charge in [-0.15, -0.1) is 0 Å². The lowest BCUT2D eigenvalue weighted by Gasteiger charge is -2.35. The number of aromatic nitrogens is 2.